The third kappa shape index (κ3) is 4.48. The number of rotatable bonds is 7. The van der Waals surface area contributed by atoms with Gasteiger partial charge in [-0.25, -0.2) is 0 Å². The Balaban J connectivity index is 1.15. The number of aliphatic hydroxyl groups is 3. The second kappa shape index (κ2) is 11.0. The van der Waals surface area contributed by atoms with Crippen molar-refractivity contribution in [3.8, 4) is 0 Å². The summed E-state index contributed by atoms with van der Waals surface area (Å²) in [6, 6.07) is 10.4. The van der Waals surface area contributed by atoms with E-state index >= 15 is 0 Å². The number of carbonyl (C=O) groups excluding carboxylic acids is 1. The van der Waals surface area contributed by atoms with Crippen LogP contribution in [0.15, 0.2) is 42.0 Å². The highest BCUT2D eigenvalue weighted by Crippen LogP contribution is 2.73. The average Bonchev–Trinajstić information content (AvgIpc) is 3.49. The van der Waals surface area contributed by atoms with E-state index in [0.29, 0.717) is 37.9 Å². The Kier molecular flexibility index (Phi) is 7.77. The van der Waals surface area contributed by atoms with Gasteiger partial charge in [0, 0.05) is 17.9 Å². The fraction of sp³-hybridized carbons (Fsp3) is 0.763. The molecule has 0 aromatic heterocycles. The van der Waals surface area contributed by atoms with Crippen LogP contribution < -0.4 is 0 Å². The molecule has 0 amide bonds. The molecule has 6 heteroatoms. The summed E-state index contributed by atoms with van der Waals surface area (Å²) in [5, 5.41) is 36.8. The maximum absolute atomic E-state index is 14.1. The predicted molar refractivity (Wildman–Crippen MR) is 169 cm³/mol. The summed E-state index contributed by atoms with van der Waals surface area (Å²) in [6.45, 7) is 9.61. The van der Waals surface area contributed by atoms with E-state index in [-0.39, 0.29) is 41.0 Å². The SMILES string of the molecule is CC1COC(C(O)C(C)(O)C2CCC3(O)C4=CC(=O)C5CC(OCCc6ccccc6)CCC5(C)C4C4CCCC23C4)C1C. The molecule has 1 aromatic carbocycles. The van der Waals surface area contributed by atoms with Gasteiger partial charge in [0.2, 0.25) is 0 Å². The van der Waals surface area contributed by atoms with Crippen LogP contribution >= 0.6 is 0 Å². The van der Waals surface area contributed by atoms with Crippen molar-refractivity contribution in [3.63, 3.8) is 0 Å². The second-order valence-corrected chi connectivity index (χ2v) is 16.3. The number of carbonyl (C=O) groups is 1. The quantitative estimate of drug-likeness (QED) is 0.371. The van der Waals surface area contributed by atoms with E-state index in [4.69, 9.17) is 9.47 Å². The first kappa shape index (κ1) is 31.1. The van der Waals surface area contributed by atoms with Crippen LogP contribution in [0.4, 0.5) is 0 Å². The van der Waals surface area contributed by atoms with Crippen LogP contribution in [-0.2, 0) is 20.7 Å². The fourth-order valence-corrected chi connectivity index (χ4v) is 11.7. The zero-order chi connectivity index (χ0) is 31.1. The summed E-state index contributed by atoms with van der Waals surface area (Å²) >= 11 is 0. The van der Waals surface area contributed by atoms with Crippen LogP contribution in [0.1, 0.15) is 91.0 Å². The smallest absolute Gasteiger partial charge is 0.159 e. The van der Waals surface area contributed by atoms with E-state index in [9.17, 15) is 20.1 Å². The molecule has 242 valence electrons. The maximum atomic E-state index is 14.1. The van der Waals surface area contributed by atoms with E-state index in [0.717, 1.165) is 56.9 Å². The van der Waals surface area contributed by atoms with Gasteiger partial charge >= 0.3 is 0 Å². The van der Waals surface area contributed by atoms with Gasteiger partial charge < -0.3 is 24.8 Å². The van der Waals surface area contributed by atoms with E-state index < -0.39 is 28.8 Å². The van der Waals surface area contributed by atoms with E-state index in [2.05, 4.69) is 45.0 Å². The average molecular weight is 607 g/mol. The molecule has 7 rings (SSSR count). The molecule has 5 aliphatic carbocycles. The van der Waals surface area contributed by atoms with Gasteiger partial charge in [-0.3, -0.25) is 4.79 Å². The summed E-state index contributed by atoms with van der Waals surface area (Å²) in [5.74, 6) is 0.807. The first-order valence-corrected chi connectivity index (χ1v) is 17.6. The highest BCUT2D eigenvalue weighted by molar-refractivity contribution is 5.95. The molecular weight excluding hydrogens is 552 g/mol. The van der Waals surface area contributed by atoms with E-state index in [1.165, 1.54) is 5.56 Å². The largest absolute Gasteiger partial charge is 0.387 e. The Morgan fingerprint density at radius 2 is 1.89 bits per heavy atom. The van der Waals surface area contributed by atoms with E-state index in [1.807, 2.05) is 12.1 Å². The van der Waals surface area contributed by atoms with Crippen LogP contribution in [0.2, 0.25) is 0 Å². The number of fused-ring (bicyclic) bond motifs is 6. The molecule has 4 saturated carbocycles. The van der Waals surface area contributed by atoms with Crippen molar-refractivity contribution in [3.05, 3.63) is 47.5 Å². The van der Waals surface area contributed by atoms with Gasteiger partial charge in [-0.15, -0.1) is 0 Å². The first-order chi connectivity index (χ1) is 20.9. The first-order valence-electron chi connectivity index (χ1n) is 17.6. The summed E-state index contributed by atoms with van der Waals surface area (Å²) in [7, 11) is 0. The van der Waals surface area contributed by atoms with Crippen LogP contribution in [0.3, 0.4) is 0 Å². The zero-order valence-electron chi connectivity index (χ0n) is 27.2. The minimum atomic E-state index is -1.40. The monoisotopic (exact) mass is 606 g/mol. The molecule has 3 N–H and O–H groups in total. The lowest BCUT2D eigenvalue weighted by Crippen LogP contribution is -2.67. The highest BCUT2D eigenvalue weighted by Gasteiger charge is 2.73. The van der Waals surface area contributed by atoms with Crippen molar-refractivity contribution in [2.75, 3.05) is 13.2 Å². The molecule has 1 aliphatic heterocycles. The molecule has 0 radical (unpaired) electrons. The molecule has 2 bridgehead atoms. The summed E-state index contributed by atoms with van der Waals surface area (Å²) in [6.07, 6.45) is 8.94. The molecule has 1 heterocycles. The molecule has 6 aliphatic rings. The molecule has 1 spiro atoms. The number of hydrogen-bond acceptors (Lipinski definition) is 6. The van der Waals surface area contributed by atoms with Crippen molar-refractivity contribution < 1.29 is 29.6 Å². The number of ketones is 1. The molecule has 6 nitrogen and oxygen atoms in total. The Morgan fingerprint density at radius 3 is 2.61 bits per heavy atom. The Labute approximate surface area is 263 Å². The fourth-order valence-electron chi connectivity index (χ4n) is 11.7. The summed E-state index contributed by atoms with van der Waals surface area (Å²) in [4.78, 5) is 14.1. The molecular formula is C38H54O6. The van der Waals surface area contributed by atoms with Crippen LogP contribution in [-0.4, -0.2) is 63.8 Å². The number of allylic oxidation sites excluding steroid dienone is 1. The second-order valence-electron chi connectivity index (χ2n) is 16.3. The number of ether oxygens (including phenoxy) is 2. The minimum Gasteiger partial charge on any atom is -0.387 e. The van der Waals surface area contributed by atoms with Crippen molar-refractivity contribution in [1.82, 2.24) is 0 Å². The molecule has 44 heavy (non-hydrogen) atoms. The summed E-state index contributed by atoms with van der Waals surface area (Å²) < 4.78 is 12.4. The predicted octanol–water partition coefficient (Wildman–Crippen LogP) is 5.66. The standard InChI is InChI=1S/C38H54O6/c1-23-22-44-33(24(23)2)34(40)36(4,41)31-13-17-38(42)29-20-30(39)28-19-27(43-18-14-25-9-6-5-7-10-25)12-16-35(28,3)32(29)26-11-8-15-37(31,38)21-26/h5-7,9-10,20,23-24,26-28,31-34,40-42H,8,11-19,21-22H2,1-4H3. The molecule has 1 aromatic rings. The van der Waals surface area contributed by atoms with Crippen LogP contribution in [0, 0.1) is 46.3 Å². The van der Waals surface area contributed by atoms with E-state index in [1.54, 1.807) is 6.92 Å². The third-order valence-electron chi connectivity index (χ3n) is 14.2. The minimum absolute atomic E-state index is 0.0863. The third-order valence-corrected chi connectivity index (χ3v) is 14.2. The Hall–Kier alpha value is -1.57. The zero-order valence-corrected chi connectivity index (χ0v) is 27.2. The number of benzene rings is 1. The van der Waals surface area contributed by atoms with Gasteiger partial charge in [-0.05, 0) is 117 Å². The lowest BCUT2D eigenvalue weighted by Gasteiger charge is -2.65. The highest BCUT2D eigenvalue weighted by atomic mass is 16.5. The van der Waals surface area contributed by atoms with Crippen molar-refractivity contribution >= 4 is 5.78 Å². The molecule has 1 saturated heterocycles. The molecule has 13 atom stereocenters. The van der Waals surface area contributed by atoms with Gasteiger partial charge in [0.25, 0.3) is 0 Å². The van der Waals surface area contributed by atoms with Crippen molar-refractivity contribution in [2.45, 2.75) is 121 Å². The topological polar surface area (TPSA) is 96.2 Å². The van der Waals surface area contributed by atoms with Gasteiger partial charge in [0.05, 0.1) is 30.0 Å². The van der Waals surface area contributed by atoms with Gasteiger partial charge in [0.1, 0.15) is 6.10 Å². The van der Waals surface area contributed by atoms with Crippen molar-refractivity contribution in [2.24, 2.45) is 46.3 Å². The Bertz CT molecular complexity index is 1280. The van der Waals surface area contributed by atoms with Crippen LogP contribution in [0.25, 0.3) is 0 Å². The lowest BCUT2D eigenvalue weighted by molar-refractivity contribution is -0.214. The summed E-state index contributed by atoms with van der Waals surface area (Å²) in [5.41, 5.74) is -1.06. The maximum Gasteiger partial charge on any atom is 0.159 e. The number of hydrogen-bond donors (Lipinski definition) is 3. The van der Waals surface area contributed by atoms with Crippen LogP contribution in [0.5, 0.6) is 0 Å². The Morgan fingerprint density at radius 1 is 1.11 bits per heavy atom. The number of aliphatic hydroxyl groups excluding tert-OH is 1. The normalized spacial score (nSPS) is 46.8. The van der Waals surface area contributed by atoms with Gasteiger partial charge in [0.15, 0.2) is 5.78 Å². The van der Waals surface area contributed by atoms with Crippen molar-refractivity contribution in [1.29, 1.82) is 0 Å². The molecule has 13 unspecified atom stereocenters. The van der Waals surface area contributed by atoms with Gasteiger partial charge in [-0.1, -0.05) is 57.5 Å². The van der Waals surface area contributed by atoms with Gasteiger partial charge in [-0.2, -0.15) is 0 Å². The lowest BCUT2D eigenvalue weighted by atomic mass is 9.40. The molecule has 5 fully saturated rings.